The fraction of sp³-hybridized carbons (Fsp3) is 0.387. The minimum atomic E-state index is -0.730. The maximum atomic E-state index is 12.2. The van der Waals surface area contributed by atoms with E-state index in [9.17, 15) is 20.1 Å². The first-order valence-electron chi connectivity index (χ1n) is 13.3. The van der Waals surface area contributed by atoms with Gasteiger partial charge in [-0.15, -0.1) is 0 Å². The van der Waals surface area contributed by atoms with E-state index in [-0.39, 0.29) is 18.3 Å². The van der Waals surface area contributed by atoms with Gasteiger partial charge in [-0.05, 0) is 72.0 Å². The summed E-state index contributed by atoms with van der Waals surface area (Å²) in [6.07, 6.45) is 0.0642. The van der Waals surface area contributed by atoms with Gasteiger partial charge < -0.3 is 35.4 Å². The second-order valence-electron chi connectivity index (χ2n) is 9.87. The Balaban J connectivity index is 1.31. The first kappa shape index (κ1) is 30.1. The molecule has 0 saturated carbocycles. The van der Waals surface area contributed by atoms with Crippen LogP contribution in [0.15, 0.2) is 66.7 Å². The number of rotatable bonds is 16. The number of aromatic hydroxyl groups is 1. The van der Waals surface area contributed by atoms with E-state index in [1.54, 1.807) is 18.2 Å². The first-order valence-corrected chi connectivity index (χ1v) is 13.3. The van der Waals surface area contributed by atoms with Gasteiger partial charge in [0.25, 0.3) is 5.91 Å². The molecule has 3 aromatic carbocycles. The number of carbonyl (C=O) groups is 1. The zero-order valence-corrected chi connectivity index (χ0v) is 22.7. The standard InChI is InChI=1S/C31H40N2O6/c1-22(2)18-33-31(37)26-5-3-4-24(16-26)21-38-14-15-39-28-9-6-23(7-10-28)12-13-32-19-30(36)25-8-11-29(35)27(17-25)20-34/h3-11,16-17,22,30,32,34-36H,12-15,18-21H2,1-2H3,(H,33,37)/t30-/m0/s1. The number of ether oxygens (including phenoxy) is 2. The molecule has 0 heterocycles. The van der Waals surface area contributed by atoms with Crippen LogP contribution in [-0.2, 0) is 24.4 Å². The Kier molecular flexibility index (Phi) is 12.2. The highest BCUT2D eigenvalue weighted by Crippen LogP contribution is 2.22. The number of aliphatic hydroxyl groups is 2. The minimum Gasteiger partial charge on any atom is -0.508 e. The third-order valence-electron chi connectivity index (χ3n) is 6.14. The number of phenols is 1. The van der Waals surface area contributed by atoms with Crippen LogP contribution in [0.25, 0.3) is 0 Å². The fourth-order valence-electron chi connectivity index (χ4n) is 3.89. The molecule has 3 rings (SSSR count). The maximum absolute atomic E-state index is 12.2. The molecule has 0 aliphatic heterocycles. The van der Waals surface area contributed by atoms with Gasteiger partial charge in [-0.2, -0.15) is 0 Å². The molecular weight excluding hydrogens is 496 g/mol. The van der Waals surface area contributed by atoms with Crippen molar-refractivity contribution in [2.24, 2.45) is 5.92 Å². The molecule has 0 aliphatic rings. The van der Waals surface area contributed by atoms with Crippen LogP contribution in [0.5, 0.6) is 11.5 Å². The Morgan fingerprint density at radius 2 is 1.74 bits per heavy atom. The Hall–Kier alpha value is -3.43. The maximum Gasteiger partial charge on any atom is 0.251 e. The van der Waals surface area contributed by atoms with Crippen LogP contribution >= 0.6 is 0 Å². The third-order valence-corrected chi connectivity index (χ3v) is 6.14. The van der Waals surface area contributed by atoms with Gasteiger partial charge in [0.05, 0.1) is 25.9 Å². The van der Waals surface area contributed by atoms with Crippen molar-refractivity contribution < 1.29 is 29.6 Å². The van der Waals surface area contributed by atoms with Gasteiger partial charge in [-0.25, -0.2) is 0 Å². The molecule has 5 N–H and O–H groups in total. The molecule has 8 heteroatoms. The van der Waals surface area contributed by atoms with E-state index >= 15 is 0 Å². The summed E-state index contributed by atoms with van der Waals surface area (Å²) in [5.41, 5.74) is 3.76. The van der Waals surface area contributed by atoms with Crippen LogP contribution < -0.4 is 15.4 Å². The molecule has 0 bridgehead atoms. The summed E-state index contributed by atoms with van der Waals surface area (Å²) in [7, 11) is 0. The van der Waals surface area contributed by atoms with Gasteiger partial charge in [0.1, 0.15) is 18.1 Å². The average Bonchev–Trinajstić information content (AvgIpc) is 2.94. The molecule has 210 valence electrons. The fourth-order valence-corrected chi connectivity index (χ4v) is 3.89. The summed E-state index contributed by atoms with van der Waals surface area (Å²) in [5.74, 6) is 1.12. The first-order chi connectivity index (χ1) is 18.9. The zero-order chi connectivity index (χ0) is 28.0. The van der Waals surface area contributed by atoms with Gasteiger partial charge in [0.15, 0.2) is 0 Å². The normalized spacial score (nSPS) is 11.9. The van der Waals surface area contributed by atoms with E-state index in [0.29, 0.717) is 62.1 Å². The summed E-state index contributed by atoms with van der Waals surface area (Å²) >= 11 is 0. The van der Waals surface area contributed by atoms with Crippen molar-refractivity contribution in [1.29, 1.82) is 0 Å². The smallest absolute Gasteiger partial charge is 0.251 e. The molecule has 8 nitrogen and oxygen atoms in total. The van der Waals surface area contributed by atoms with Gasteiger partial charge >= 0.3 is 0 Å². The SMILES string of the molecule is CC(C)CNC(=O)c1cccc(COCCOc2ccc(CCNC[C@H](O)c3ccc(O)c(CO)c3)cc2)c1. The van der Waals surface area contributed by atoms with Crippen LogP contribution in [-0.4, -0.2) is 54.1 Å². The largest absolute Gasteiger partial charge is 0.508 e. The summed E-state index contributed by atoms with van der Waals surface area (Å²) in [5, 5.41) is 35.4. The van der Waals surface area contributed by atoms with Gasteiger partial charge in [0, 0.05) is 24.2 Å². The van der Waals surface area contributed by atoms with E-state index in [1.807, 2.05) is 42.5 Å². The van der Waals surface area contributed by atoms with Crippen molar-refractivity contribution in [1.82, 2.24) is 10.6 Å². The van der Waals surface area contributed by atoms with E-state index in [2.05, 4.69) is 24.5 Å². The molecule has 0 radical (unpaired) electrons. The second-order valence-corrected chi connectivity index (χ2v) is 9.87. The molecule has 0 aromatic heterocycles. The quantitative estimate of drug-likeness (QED) is 0.177. The Morgan fingerprint density at radius 1 is 0.949 bits per heavy atom. The van der Waals surface area contributed by atoms with E-state index in [1.165, 1.54) is 6.07 Å². The molecule has 0 fully saturated rings. The van der Waals surface area contributed by atoms with Crippen LogP contribution in [0, 0.1) is 5.92 Å². The number of hydrogen-bond donors (Lipinski definition) is 5. The number of hydrogen-bond acceptors (Lipinski definition) is 7. The van der Waals surface area contributed by atoms with Crippen molar-refractivity contribution >= 4 is 5.91 Å². The summed E-state index contributed by atoms with van der Waals surface area (Å²) in [6, 6.07) is 20.1. The molecule has 0 spiro atoms. The molecule has 0 aliphatic carbocycles. The lowest BCUT2D eigenvalue weighted by Gasteiger charge is -2.14. The highest BCUT2D eigenvalue weighted by atomic mass is 16.5. The number of benzene rings is 3. The predicted octanol–water partition coefficient (Wildman–Crippen LogP) is 3.73. The number of amides is 1. The van der Waals surface area contributed by atoms with Crippen molar-refractivity contribution in [3.05, 3.63) is 94.5 Å². The molecular formula is C31H40N2O6. The second kappa shape index (κ2) is 15.9. The Bertz CT molecular complexity index is 1170. The molecule has 1 amide bonds. The monoisotopic (exact) mass is 536 g/mol. The highest BCUT2D eigenvalue weighted by molar-refractivity contribution is 5.94. The highest BCUT2D eigenvalue weighted by Gasteiger charge is 2.10. The van der Waals surface area contributed by atoms with Crippen molar-refractivity contribution in [2.75, 3.05) is 32.8 Å². The zero-order valence-electron chi connectivity index (χ0n) is 22.7. The Labute approximate surface area is 230 Å². The molecule has 1 atom stereocenters. The lowest BCUT2D eigenvalue weighted by Crippen LogP contribution is -2.27. The molecule has 39 heavy (non-hydrogen) atoms. The van der Waals surface area contributed by atoms with Crippen molar-refractivity contribution in [2.45, 2.75) is 39.6 Å². The van der Waals surface area contributed by atoms with E-state index < -0.39 is 6.10 Å². The lowest BCUT2D eigenvalue weighted by molar-refractivity contribution is 0.0886. The van der Waals surface area contributed by atoms with Crippen LogP contribution in [0.3, 0.4) is 0 Å². The molecule has 0 saturated heterocycles. The van der Waals surface area contributed by atoms with E-state index in [4.69, 9.17) is 9.47 Å². The minimum absolute atomic E-state index is 0.0200. The number of aliphatic hydroxyl groups excluding tert-OH is 2. The van der Waals surface area contributed by atoms with Gasteiger partial charge in [-0.1, -0.05) is 44.2 Å². The lowest BCUT2D eigenvalue weighted by atomic mass is 10.1. The number of carbonyl (C=O) groups excluding carboxylic acids is 1. The summed E-state index contributed by atoms with van der Waals surface area (Å²) in [4.78, 5) is 12.2. The average molecular weight is 537 g/mol. The molecule has 3 aromatic rings. The summed E-state index contributed by atoms with van der Waals surface area (Å²) < 4.78 is 11.5. The topological polar surface area (TPSA) is 120 Å². The van der Waals surface area contributed by atoms with Crippen molar-refractivity contribution in [3.63, 3.8) is 0 Å². The van der Waals surface area contributed by atoms with Crippen LogP contribution in [0.1, 0.15) is 52.6 Å². The van der Waals surface area contributed by atoms with Gasteiger partial charge in [-0.3, -0.25) is 4.79 Å². The van der Waals surface area contributed by atoms with E-state index in [0.717, 1.165) is 23.3 Å². The summed E-state index contributed by atoms with van der Waals surface area (Å²) in [6.45, 7) is 6.81. The third kappa shape index (κ3) is 10.3. The predicted molar refractivity (Wildman–Crippen MR) is 151 cm³/mol. The van der Waals surface area contributed by atoms with Gasteiger partial charge in [0.2, 0.25) is 0 Å². The van der Waals surface area contributed by atoms with Crippen molar-refractivity contribution in [3.8, 4) is 11.5 Å². The molecule has 0 unspecified atom stereocenters. The number of nitrogens with one attached hydrogen (secondary N) is 2. The van der Waals surface area contributed by atoms with Crippen LogP contribution in [0.2, 0.25) is 0 Å². The van der Waals surface area contributed by atoms with Crippen LogP contribution in [0.4, 0.5) is 0 Å². The Morgan fingerprint density at radius 3 is 2.49 bits per heavy atom.